The SMILES string of the molecule is CCOC(=O)c1cc(C(=O)N2CCN(C)CC2c2ccccc2)cc([N+](=O)[O-])c1. The van der Waals surface area contributed by atoms with Crippen molar-refractivity contribution in [3.05, 3.63) is 75.3 Å². The lowest BCUT2D eigenvalue weighted by molar-refractivity contribution is -0.384. The van der Waals surface area contributed by atoms with Crippen LogP contribution in [0.3, 0.4) is 0 Å². The summed E-state index contributed by atoms with van der Waals surface area (Å²) in [5, 5.41) is 11.3. The van der Waals surface area contributed by atoms with Crippen molar-refractivity contribution in [1.29, 1.82) is 0 Å². The minimum absolute atomic E-state index is 0.00483. The lowest BCUT2D eigenvalue weighted by Crippen LogP contribution is -2.49. The van der Waals surface area contributed by atoms with Gasteiger partial charge in [-0.15, -0.1) is 0 Å². The molecule has 1 fully saturated rings. The first-order chi connectivity index (χ1) is 13.9. The zero-order valence-electron chi connectivity index (χ0n) is 16.4. The van der Waals surface area contributed by atoms with Gasteiger partial charge in [-0.2, -0.15) is 0 Å². The summed E-state index contributed by atoms with van der Waals surface area (Å²) in [5.41, 5.74) is 0.773. The Balaban J connectivity index is 1.99. The smallest absolute Gasteiger partial charge is 0.338 e. The number of esters is 1. The lowest BCUT2D eigenvalue weighted by atomic mass is 10.0. The third kappa shape index (κ3) is 4.60. The van der Waals surface area contributed by atoms with Gasteiger partial charge in [0.2, 0.25) is 0 Å². The monoisotopic (exact) mass is 397 g/mol. The maximum absolute atomic E-state index is 13.3. The van der Waals surface area contributed by atoms with E-state index in [1.165, 1.54) is 12.1 Å². The Labute approximate surface area is 168 Å². The fourth-order valence-corrected chi connectivity index (χ4v) is 3.46. The average Bonchev–Trinajstić information content (AvgIpc) is 2.73. The van der Waals surface area contributed by atoms with Gasteiger partial charge in [-0.05, 0) is 25.6 Å². The molecule has 2 aromatic carbocycles. The molecule has 0 spiro atoms. The van der Waals surface area contributed by atoms with Crippen molar-refractivity contribution >= 4 is 17.6 Å². The Morgan fingerprint density at radius 2 is 1.83 bits per heavy atom. The average molecular weight is 397 g/mol. The van der Waals surface area contributed by atoms with Crippen LogP contribution in [0, 0.1) is 10.1 Å². The highest BCUT2D eigenvalue weighted by atomic mass is 16.6. The third-order valence-electron chi connectivity index (χ3n) is 4.92. The van der Waals surface area contributed by atoms with Crippen molar-refractivity contribution in [2.45, 2.75) is 13.0 Å². The van der Waals surface area contributed by atoms with Crippen LogP contribution in [0.15, 0.2) is 48.5 Å². The molecule has 0 radical (unpaired) electrons. The number of rotatable bonds is 5. The Morgan fingerprint density at radius 1 is 1.14 bits per heavy atom. The van der Waals surface area contributed by atoms with Crippen LogP contribution in [0.4, 0.5) is 5.69 Å². The number of nitro benzene ring substituents is 1. The van der Waals surface area contributed by atoms with E-state index in [4.69, 9.17) is 4.74 Å². The number of hydrogen-bond donors (Lipinski definition) is 0. The van der Waals surface area contributed by atoms with Gasteiger partial charge < -0.3 is 14.5 Å². The second kappa shape index (κ2) is 8.83. The minimum Gasteiger partial charge on any atom is -0.462 e. The fourth-order valence-electron chi connectivity index (χ4n) is 3.46. The number of non-ortho nitro benzene ring substituents is 1. The molecule has 0 aromatic heterocycles. The molecule has 1 amide bonds. The number of piperazine rings is 1. The van der Waals surface area contributed by atoms with Crippen molar-refractivity contribution in [2.24, 2.45) is 0 Å². The van der Waals surface area contributed by atoms with E-state index in [1.54, 1.807) is 11.8 Å². The lowest BCUT2D eigenvalue weighted by Gasteiger charge is -2.40. The van der Waals surface area contributed by atoms with Crippen LogP contribution in [0.2, 0.25) is 0 Å². The zero-order valence-corrected chi connectivity index (χ0v) is 16.4. The zero-order chi connectivity index (χ0) is 21.0. The Kier molecular flexibility index (Phi) is 6.23. The summed E-state index contributed by atoms with van der Waals surface area (Å²) in [7, 11) is 1.99. The molecule has 0 saturated carbocycles. The number of likely N-dealkylation sites (N-methyl/N-ethyl adjacent to an activating group) is 1. The molecule has 1 heterocycles. The molecule has 1 unspecified atom stereocenters. The summed E-state index contributed by atoms with van der Waals surface area (Å²) in [4.78, 5) is 40.0. The number of carbonyl (C=O) groups excluding carboxylic acids is 2. The number of amides is 1. The van der Waals surface area contributed by atoms with Gasteiger partial charge >= 0.3 is 5.97 Å². The second-order valence-corrected chi connectivity index (χ2v) is 6.93. The van der Waals surface area contributed by atoms with E-state index in [1.807, 2.05) is 37.4 Å². The van der Waals surface area contributed by atoms with Gasteiger partial charge in [-0.3, -0.25) is 14.9 Å². The molecule has 3 rings (SSSR count). The van der Waals surface area contributed by atoms with Gasteiger partial charge in [-0.1, -0.05) is 30.3 Å². The first-order valence-electron chi connectivity index (χ1n) is 9.41. The summed E-state index contributed by atoms with van der Waals surface area (Å²) < 4.78 is 4.95. The van der Waals surface area contributed by atoms with Crippen molar-refractivity contribution < 1.29 is 19.2 Å². The molecule has 0 aliphatic carbocycles. The van der Waals surface area contributed by atoms with E-state index in [2.05, 4.69) is 4.90 Å². The van der Waals surface area contributed by atoms with Crippen molar-refractivity contribution in [3.8, 4) is 0 Å². The number of nitro groups is 1. The van der Waals surface area contributed by atoms with Crippen LogP contribution in [-0.4, -0.2) is 59.9 Å². The molecule has 8 heteroatoms. The number of hydrogen-bond acceptors (Lipinski definition) is 6. The predicted molar refractivity (Wildman–Crippen MR) is 107 cm³/mol. The van der Waals surface area contributed by atoms with Crippen LogP contribution in [0.25, 0.3) is 0 Å². The molecule has 2 aromatic rings. The van der Waals surface area contributed by atoms with E-state index in [-0.39, 0.29) is 35.4 Å². The van der Waals surface area contributed by atoms with Gasteiger partial charge in [0.15, 0.2) is 0 Å². The van der Waals surface area contributed by atoms with E-state index in [0.29, 0.717) is 19.6 Å². The molecule has 1 aliphatic rings. The second-order valence-electron chi connectivity index (χ2n) is 6.93. The molecule has 1 saturated heterocycles. The number of benzene rings is 2. The first kappa shape index (κ1) is 20.5. The van der Waals surface area contributed by atoms with Crippen molar-refractivity contribution in [1.82, 2.24) is 9.80 Å². The van der Waals surface area contributed by atoms with Crippen LogP contribution in [0.1, 0.15) is 39.2 Å². The molecular formula is C21H23N3O5. The van der Waals surface area contributed by atoms with Gasteiger partial charge in [0.05, 0.1) is 23.1 Å². The predicted octanol–water partition coefficient (Wildman–Crippen LogP) is 2.90. The largest absolute Gasteiger partial charge is 0.462 e. The summed E-state index contributed by atoms with van der Waals surface area (Å²) in [6, 6.07) is 13.2. The minimum atomic E-state index is -0.691. The number of nitrogens with zero attached hydrogens (tertiary/aromatic N) is 3. The van der Waals surface area contributed by atoms with E-state index >= 15 is 0 Å². The summed E-state index contributed by atoms with van der Waals surface area (Å²) in [6.07, 6.45) is 0. The molecule has 8 nitrogen and oxygen atoms in total. The summed E-state index contributed by atoms with van der Waals surface area (Å²) in [6.45, 7) is 3.60. The van der Waals surface area contributed by atoms with Gasteiger partial charge in [0.25, 0.3) is 11.6 Å². The highest BCUT2D eigenvalue weighted by Crippen LogP contribution is 2.28. The standard InChI is InChI=1S/C21H23N3O5/c1-3-29-21(26)17-11-16(12-18(13-17)24(27)28)20(25)23-10-9-22(2)14-19(23)15-7-5-4-6-8-15/h4-8,11-13,19H,3,9-10,14H2,1-2H3. The topological polar surface area (TPSA) is 93.0 Å². The van der Waals surface area contributed by atoms with E-state index in [9.17, 15) is 19.7 Å². The quantitative estimate of drug-likeness (QED) is 0.438. The first-order valence-corrected chi connectivity index (χ1v) is 9.41. The van der Waals surface area contributed by atoms with E-state index in [0.717, 1.165) is 11.6 Å². The molecule has 1 atom stereocenters. The van der Waals surface area contributed by atoms with Gasteiger partial charge in [-0.25, -0.2) is 4.79 Å². The van der Waals surface area contributed by atoms with Crippen LogP contribution in [0.5, 0.6) is 0 Å². The normalized spacial score (nSPS) is 17.0. The number of ether oxygens (including phenoxy) is 1. The third-order valence-corrected chi connectivity index (χ3v) is 4.92. The van der Waals surface area contributed by atoms with Crippen molar-refractivity contribution in [2.75, 3.05) is 33.3 Å². The van der Waals surface area contributed by atoms with Crippen LogP contribution < -0.4 is 0 Å². The highest BCUT2D eigenvalue weighted by molar-refractivity contribution is 5.99. The highest BCUT2D eigenvalue weighted by Gasteiger charge is 2.32. The maximum Gasteiger partial charge on any atom is 0.338 e. The molecule has 0 N–H and O–H groups in total. The Hall–Kier alpha value is -3.26. The molecule has 152 valence electrons. The fraction of sp³-hybridized carbons (Fsp3) is 0.333. The van der Waals surface area contributed by atoms with Crippen molar-refractivity contribution in [3.63, 3.8) is 0 Å². The summed E-state index contributed by atoms with van der Waals surface area (Å²) in [5.74, 6) is -1.04. The molecule has 1 aliphatic heterocycles. The summed E-state index contributed by atoms with van der Waals surface area (Å²) >= 11 is 0. The molecule has 29 heavy (non-hydrogen) atoms. The maximum atomic E-state index is 13.3. The number of carbonyl (C=O) groups is 2. The Bertz CT molecular complexity index is 916. The molecule has 0 bridgehead atoms. The van der Waals surface area contributed by atoms with Crippen LogP contribution >= 0.6 is 0 Å². The van der Waals surface area contributed by atoms with E-state index < -0.39 is 10.9 Å². The van der Waals surface area contributed by atoms with Gasteiger partial charge in [0.1, 0.15) is 0 Å². The van der Waals surface area contributed by atoms with Gasteiger partial charge in [0, 0.05) is 37.3 Å². The Morgan fingerprint density at radius 3 is 2.48 bits per heavy atom. The van der Waals surface area contributed by atoms with Crippen LogP contribution in [-0.2, 0) is 4.74 Å². The molecular weight excluding hydrogens is 374 g/mol.